The summed E-state index contributed by atoms with van der Waals surface area (Å²) in [5.74, 6) is 1.52. The second-order valence-electron chi connectivity index (χ2n) is 6.85. The zero-order valence-corrected chi connectivity index (χ0v) is 18.6. The summed E-state index contributed by atoms with van der Waals surface area (Å²) < 4.78 is 15.0. The van der Waals surface area contributed by atoms with Crippen LogP contribution in [0.3, 0.4) is 0 Å². The van der Waals surface area contributed by atoms with Crippen molar-refractivity contribution in [2.45, 2.75) is 19.4 Å². The lowest BCUT2D eigenvalue weighted by atomic mass is 10.1. The maximum absolute atomic E-state index is 12.3. The van der Waals surface area contributed by atoms with Crippen LogP contribution in [-0.2, 0) is 22.5 Å². The van der Waals surface area contributed by atoms with Gasteiger partial charge in [0.15, 0.2) is 0 Å². The molecule has 9 heteroatoms. The van der Waals surface area contributed by atoms with Crippen molar-refractivity contribution in [3.05, 3.63) is 65.7 Å². The van der Waals surface area contributed by atoms with Crippen LogP contribution in [0.25, 0.3) is 0 Å². The fourth-order valence-corrected chi connectivity index (χ4v) is 3.67. The lowest BCUT2D eigenvalue weighted by molar-refractivity contribution is -0.121. The zero-order valence-electron chi connectivity index (χ0n) is 17.8. The molecule has 164 valence electrons. The van der Waals surface area contributed by atoms with E-state index in [1.807, 2.05) is 47.4 Å². The zero-order chi connectivity index (χ0) is 21.9. The molecular formula is C22H27N5O3S. The predicted molar refractivity (Wildman–Crippen MR) is 120 cm³/mol. The molecule has 2 aromatic heterocycles. The van der Waals surface area contributed by atoms with Crippen molar-refractivity contribution >= 4 is 22.6 Å². The van der Waals surface area contributed by atoms with E-state index in [9.17, 15) is 4.79 Å². The lowest BCUT2D eigenvalue weighted by Gasteiger charge is -2.20. The molecule has 0 spiro atoms. The second-order valence-corrected chi connectivity index (χ2v) is 7.58. The predicted octanol–water partition coefficient (Wildman–Crippen LogP) is 2.69. The van der Waals surface area contributed by atoms with Gasteiger partial charge < -0.3 is 19.7 Å². The van der Waals surface area contributed by atoms with E-state index < -0.39 is 0 Å². The summed E-state index contributed by atoms with van der Waals surface area (Å²) in [6.07, 6.45) is 2.68. The van der Waals surface area contributed by atoms with Crippen molar-refractivity contribution in [1.82, 2.24) is 19.7 Å². The van der Waals surface area contributed by atoms with E-state index in [-0.39, 0.29) is 5.91 Å². The average Bonchev–Trinajstić information content (AvgIpc) is 3.26. The lowest BCUT2D eigenvalue weighted by Crippen LogP contribution is -2.33. The van der Waals surface area contributed by atoms with Gasteiger partial charge in [0.1, 0.15) is 11.6 Å². The highest BCUT2D eigenvalue weighted by Crippen LogP contribution is 2.21. The van der Waals surface area contributed by atoms with Crippen LogP contribution in [0, 0.1) is 0 Å². The van der Waals surface area contributed by atoms with E-state index in [1.165, 1.54) is 11.5 Å². The van der Waals surface area contributed by atoms with Crippen molar-refractivity contribution in [2.24, 2.45) is 0 Å². The van der Waals surface area contributed by atoms with Crippen LogP contribution < -0.4 is 15.0 Å². The Balaban J connectivity index is 1.56. The van der Waals surface area contributed by atoms with Crippen molar-refractivity contribution in [3.63, 3.8) is 0 Å². The Kier molecular flexibility index (Phi) is 8.74. The number of methoxy groups -OCH3 is 2. The summed E-state index contributed by atoms with van der Waals surface area (Å²) >= 11 is 1.34. The summed E-state index contributed by atoms with van der Waals surface area (Å²) in [5, 5.41) is 3.69. The molecule has 2 heterocycles. The van der Waals surface area contributed by atoms with Crippen LogP contribution >= 0.6 is 11.5 Å². The number of nitrogens with zero attached hydrogens (tertiary/aromatic N) is 4. The van der Waals surface area contributed by atoms with Crippen molar-refractivity contribution in [1.29, 1.82) is 0 Å². The minimum Gasteiger partial charge on any atom is -0.497 e. The van der Waals surface area contributed by atoms with Gasteiger partial charge in [0.2, 0.25) is 11.0 Å². The van der Waals surface area contributed by atoms with E-state index in [0.717, 1.165) is 28.0 Å². The molecular weight excluding hydrogens is 414 g/mol. The largest absolute Gasteiger partial charge is 0.497 e. The molecule has 0 unspecified atom stereocenters. The summed E-state index contributed by atoms with van der Waals surface area (Å²) in [6, 6.07) is 13.5. The molecule has 8 nitrogen and oxygen atoms in total. The number of hydrogen-bond acceptors (Lipinski definition) is 8. The Morgan fingerprint density at radius 3 is 2.84 bits per heavy atom. The van der Waals surface area contributed by atoms with Gasteiger partial charge in [-0.1, -0.05) is 18.2 Å². The highest BCUT2D eigenvalue weighted by atomic mass is 32.1. The first kappa shape index (κ1) is 22.6. The van der Waals surface area contributed by atoms with Crippen LogP contribution in [0.2, 0.25) is 0 Å². The number of pyridine rings is 1. The van der Waals surface area contributed by atoms with Gasteiger partial charge in [0.25, 0.3) is 0 Å². The molecule has 0 aliphatic heterocycles. The molecule has 1 N–H and O–H groups in total. The number of benzene rings is 1. The standard InChI is InChI=1S/C22H27N5O3S/c1-29-13-12-27(11-9-21(28)24-16-18-7-3-4-10-23-18)22-25-20(26-31-22)15-17-6-5-8-19(14-17)30-2/h3-8,10,14H,9,11-13,15-16H2,1-2H3,(H,24,28). The first-order chi connectivity index (χ1) is 15.2. The number of carbonyl (C=O) groups is 1. The van der Waals surface area contributed by atoms with Gasteiger partial charge in [-0.05, 0) is 29.8 Å². The molecule has 1 amide bonds. The van der Waals surface area contributed by atoms with E-state index in [4.69, 9.17) is 9.47 Å². The number of aromatic nitrogens is 3. The van der Waals surface area contributed by atoms with Gasteiger partial charge in [-0.25, -0.2) is 4.98 Å². The normalized spacial score (nSPS) is 10.6. The molecule has 1 aromatic carbocycles. The smallest absolute Gasteiger partial charge is 0.222 e. The van der Waals surface area contributed by atoms with Crippen LogP contribution in [-0.4, -0.2) is 54.2 Å². The van der Waals surface area contributed by atoms with Crippen molar-refractivity contribution in [2.75, 3.05) is 38.8 Å². The van der Waals surface area contributed by atoms with Crippen LogP contribution in [0.1, 0.15) is 23.5 Å². The molecule has 0 bridgehead atoms. The highest BCUT2D eigenvalue weighted by Gasteiger charge is 2.15. The quantitative estimate of drug-likeness (QED) is 0.462. The molecule has 0 saturated heterocycles. The Bertz CT molecular complexity index is 951. The number of anilines is 1. The van der Waals surface area contributed by atoms with Gasteiger partial charge >= 0.3 is 0 Å². The number of amides is 1. The number of rotatable bonds is 12. The Morgan fingerprint density at radius 1 is 1.16 bits per heavy atom. The monoisotopic (exact) mass is 441 g/mol. The Morgan fingerprint density at radius 2 is 2.06 bits per heavy atom. The number of ether oxygens (including phenoxy) is 2. The molecule has 0 aliphatic rings. The molecule has 0 atom stereocenters. The van der Waals surface area contributed by atoms with Crippen LogP contribution in [0.15, 0.2) is 48.7 Å². The fourth-order valence-electron chi connectivity index (χ4n) is 2.93. The summed E-state index contributed by atoms with van der Waals surface area (Å²) in [4.78, 5) is 23.2. The summed E-state index contributed by atoms with van der Waals surface area (Å²) in [5.41, 5.74) is 1.92. The topological polar surface area (TPSA) is 89.5 Å². The third-order valence-corrected chi connectivity index (χ3v) is 5.41. The van der Waals surface area contributed by atoms with Gasteiger partial charge in [0.05, 0.1) is 26.0 Å². The molecule has 0 fully saturated rings. The van der Waals surface area contributed by atoms with E-state index in [0.29, 0.717) is 39.1 Å². The number of carbonyl (C=O) groups excluding carboxylic acids is 1. The third kappa shape index (κ3) is 7.30. The van der Waals surface area contributed by atoms with Crippen LogP contribution in [0.5, 0.6) is 5.75 Å². The van der Waals surface area contributed by atoms with Gasteiger partial charge in [-0.3, -0.25) is 9.78 Å². The SMILES string of the molecule is COCCN(CCC(=O)NCc1ccccn1)c1nc(Cc2cccc(OC)c2)ns1. The molecule has 3 rings (SSSR count). The first-order valence-electron chi connectivity index (χ1n) is 10.0. The van der Waals surface area contributed by atoms with Gasteiger partial charge in [0, 0.05) is 50.8 Å². The van der Waals surface area contributed by atoms with Gasteiger partial charge in [-0.15, -0.1) is 0 Å². The maximum Gasteiger partial charge on any atom is 0.222 e. The third-order valence-electron chi connectivity index (χ3n) is 4.59. The molecule has 0 saturated carbocycles. The minimum atomic E-state index is -0.0332. The summed E-state index contributed by atoms with van der Waals surface area (Å²) in [7, 11) is 3.31. The van der Waals surface area contributed by atoms with E-state index in [2.05, 4.69) is 19.7 Å². The fraction of sp³-hybridized carbons (Fsp3) is 0.364. The number of nitrogens with one attached hydrogen (secondary N) is 1. The van der Waals surface area contributed by atoms with Crippen molar-refractivity contribution < 1.29 is 14.3 Å². The molecule has 0 aliphatic carbocycles. The molecule has 3 aromatic rings. The first-order valence-corrected chi connectivity index (χ1v) is 10.8. The minimum absolute atomic E-state index is 0.0332. The Labute approximate surface area is 186 Å². The number of hydrogen-bond donors (Lipinski definition) is 1. The van der Waals surface area contributed by atoms with Crippen molar-refractivity contribution in [3.8, 4) is 5.75 Å². The Hall–Kier alpha value is -3.04. The molecule has 31 heavy (non-hydrogen) atoms. The average molecular weight is 442 g/mol. The highest BCUT2D eigenvalue weighted by molar-refractivity contribution is 7.09. The summed E-state index contributed by atoms with van der Waals surface area (Å²) in [6.45, 7) is 2.13. The van der Waals surface area contributed by atoms with E-state index >= 15 is 0 Å². The van der Waals surface area contributed by atoms with Crippen LogP contribution in [0.4, 0.5) is 5.13 Å². The maximum atomic E-state index is 12.3. The van der Waals surface area contributed by atoms with E-state index in [1.54, 1.807) is 20.4 Å². The van der Waals surface area contributed by atoms with Gasteiger partial charge in [-0.2, -0.15) is 4.37 Å². The molecule has 0 radical (unpaired) electrons. The second kappa shape index (κ2) is 12.0.